The highest BCUT2D eigenvalue weighted by molar-refractivity contribution is 5.95. The summed E-state index contributed by atoms with van der Waals surface area (Å²) in [5.74, 6) is -0.850. The molecule has 0 aliphatic heterocycles. The van der Waals surface area contributed by atoms with Gasteiger partial charge in [-0.25, -0.2) is 0 Å². The quantitative estimate of drug-likeness (QED) is 0.851. The molecule has 1 amide bonds. The Morgan fingerprint density at radius 3 is 2.67 bits per heavy atom. The maximum absolute atomic E-state index is 13.0. The number of ether oxygens (including phenoxy) is 1. The van der Waals surface area contributed by atoms with Crippen molar-refractivity contribution < 1.29 is 27.8 Å². The molecule has 1 rings (SSSR count). The van der Waals surface area contributed by atoms with Crippen LogP contribution in [0.3, 0.4) is 0 Å². The predicted octanol–water partition coefficient (Wildman–Crippen LogP) is 1.00. The van der Waals surface area contributed by atoms with E-state index in [0.29, 0.717) is 0 Å². The Labute approximate surface area is 120 Å². The van der Waals surface area contributed by atoms with Crippen LogP contribution in [0.15, 0.2) is 6.20 Å². The van der Waals surface area contributed by atoms with Gasteiger partial charge >= 0.3 is 6.18 Å². The number of aromatic nitrogens is 2. The predicted molar refractivity (Wildman–Crippen MR) is 67.7 cm³/mol. The lowest BCUT2D eigenvalue weighted by atomic mass is 10.2. The van der Waals surface area contributed by atoms with Crippen molar-refractivity contribution in [2.45, 2.75) is 25.7 Å². The first-order valence-corrected chi connectivity index (χ1v) is 6.27. The summed E-state index contributed by atoms with van der Waals surface area (Å²) in [4.78, 5) is 13.1. The summed E-state index contributed by atoms with van der Waals surface area (Å²) in [5, 5.41) is 13.1. The van der Waals surface area contributed by atoms with Gasteiger partial charge in [0.05, 0.1) is 24.5 Å². The van der Waals surface area contributed by atoms with Crippen LogP contribution >= 0.6 is 0 Å². The molecular weight excluding hydrogens is 291 g/mol. The number of likely N-dealkylation sites (N-methyl/N-ethyl adjacent to an activating group) is 1. The highest BCUT2D eigenvalue weighted by atomic mass is 19.4. The van der Waals surface area contributed by atoms with E-state index in [1.807, 2.05) is 0 Å². The lowest BCUT2D eigenvalue weighted by molar-refractivity contribution is -0.144. The molecule has 1 heterocycles. The van der Waals surface area contributed by atoms with Crippen LogP contribution in [0, 0.1) is 0 Å². The second-order valence-corrected chi connectivity index (χ2v) is 4.52. The highest BCUT2D eigenvalue weighted by Gasteiger charge is 2.40. The van der Waals surface area contributed by atoms with Crippen molar-refractivity contribution >= 4 is 5.91 Å². The number of methoxy groups -OCH3 is 1. The fourth-order valence-electron chi connectivity index (χ4n) is 1.93. The second-order valence-electron chi connectivity index (χ2n) is 4.52. The van der Waals surface area contributed by atoms with Gasteiger partial charge < -0.3 is 14.7 Å². The normalized spacial score (nSPS) is 13.3. The van der Waals surface area contributed by atoms with Crippen molar-refractivity contribution in [2.75, 3.05) is 27.3 Å². The number of aryl methyl sites for hydroxylation is 1. The number of hydrogen-bond donors (Lipinski definition) is 1. The van der Waals surface area contributed by atoms with Gasteiger partial charge in [-0.15, -0.1) is 0 Å². The van der Waals surface area contributed by atoms with Crippen LogP contribution in [0.4, 0.5) is 13.2 Å². The van der Waals surface area contributed by atoms with E-state index in [2.05, 4.69) is 5.10 Å². The van der Waals surface area contributed by atoms with Crippen LogP contribution in [0.2, 0.25) is 0 Å². The third-order valence-electron chi connectivity index (χ3n) is 2.83. The average Bonchev–Trinajstić information content (AvgIpc) is 2.81. The Morgan fingerprint density at radius 2 is 2.19 bits per heavy atom. The Bertz CT molecular complexity index is 488. The lowest BCUT2D eigenvalue weighted by Gasteiger charge is -2.21. The molecule has 1 atom stereocenters. The maximum Gasteiger partial charge on any atom is 0.433 e. The SMILES string of the molecule is CCn1ncc(C(=O)N(C)CC(O)COC)c1C(F)(F)F. The Morgan fingerprint density at radius 1 is 1.57 bits per heavy atom. The summed E-state index contributed by atoms with van der Waals surface area (Å²) in [7, 11) is 2.68. The molecule has 0 fully saturated rings. The molecular formula is C12H18F3N3O3. The summed E-state index contributed by atoms with van der Waals surface area (Å²) in [5.41, 5.74) is -1.61. The van der Waals surface area contributed by atoms with Crippen LogP contribution in [0.1, 0.15) is 23.0 Å². The first-order valence-electron chi connectivity index (χ1n) is 6.27. The van der Waals surface area contributed by atoms with Crippen molar-refractivity contribution in [3.05, 3.63) is 17.5 Å². The Balaban J connectivity index is 3.00. The van der Waals surface area contributed by atoms with Gasteiger partial charge in [0.25, 0.3) is 5.91 Å². The number of aliphatic hydroxyl groups excluding tert-OH is 1. The van der Waals surface area contributed by atoms with Gasteiger partial charge in [-0.2, -0.15) is 18.3 Å². The van der Waals surface area contributed by atoms with Crippen LogP contribution in [0.25, 0.3) is 0 Å². The van der Waals surface area contributed by atoms with Crippen molar-refractivity contribution in [2.24, 2.45) is 0 Å². The third kappa shape index (κ3) is 4.18. The molecule has 0 aliphatic rings. The topological polar surface area (TPSA) is 67.6 Å². The second kappa shape index (κ2) is 6.90. The molecule has 0 saturated carbocycles. The van der Waals surface area contributed by atoms with Crippen molar-refractivity contribution in [3.63, 3.8) is 0 Å². The molecule has 1 unspecified atom stereocenters. The molecule has 120 valence electrons. The molecule has 9 heteroatoms. The molecule has 0 aliphatic carbocycles. The standard InChI is InChI=1S/C12H18F3N3O3/c1-4-18-10(12(13,14)15)9(5-16-18)11(20)17(2)6-8(19)7-21-3/h5,8,19H,4,6-7H2,1-3H3. The number of amides is 1. The van der Waals surface area contributed by atoms with E-state index in [9.17, 15) is 23.1 Å². The molecule has 1 N–H and O–H groups in total. The third-order valence-corrected chi connectivity index (χ3v) is 2.83. The van der Waals surface area contributed by atoms with Crippen molar-refractivity contribution in [1.82, 2.24) is 14.7 Å². The van der Waals surface area contributed by atoms with E-state index in [4.69, 9.17) is 4.74 Å². The minimum atomic E-state index is -4.68. The number of halogens is 3. The van der Waals surface area contributed by atoms with E-state index < -0.39 is 29.4 Å². The van der Waals surface area contributed by atoms with Crippen LogP contribution in [-0.2, 0) is 17.5 Å². The average molecular weight is 309 g/mol. The zero-order chi connectivity index (χ0) is 16.2. The van der Waals surface area contributed by atoms with Crippen molar-refractivity contribution in [3.8, 4) is 0 Å². The van der Waals surface area contributed by atoms with E-state index in [-0.39, 0.29) is 19.7 Å². The van der Waals surface area contributed by atoms with Crippen LogP contribution < -0.4 is 0 Å². The molecule has 0 spiro atoms. The number of alkyl halides is 3. The summed E-state index contributed by atoms with van der Waals surface area (Å²) < 4.78 is 44.5. The number of nitrogens with zero attached hydrogens (tertiary/aromatic N) is 3. The number of rotatable bonds is 6. The van der Waals surface area contributed by atoms with Gasteiger partial charge in [-0.3, -0.25) is 9.48 Å². The first kappa shape index (κ1) is 17.4. The van der Waals surface area contributed by atoms with Gasteiger partial charge in [0.1, 0.15) is 0 Å². The summed E-state index contributed by atoms with van der Waals surface area (Å²) in [6, 6.07) is 0. The number of carbonyl (C=O) groups excluding carboxylic acids is 1. The molecule has 0 saturated heterocycles. The van der Waals surface area contributed by atoms with E-state index in [1.165, 1.54) is 21.1 Å². The minimum absolute atomic E-state index is 0.00185. The Hall–Kier alpha value is -1.61. The van der Waals surface area contributed by atoms with Gasteiger partial charge in [-0.05, 0) is 6.92 Å². The zero-order valence-corrected chi connectivity index (χ0v) is 12.0. The lowest BCUT2D eigenvalue weighted by Crippen LogP contribution is -2.37. The van der Waals surface area contributed by atoms with Gasteiger partial charge in [-0.1, -0.05) is 0 Å². The van der Waals surface area contributed by atoms with Gasteiger partial charge in [0.15, 0.2) is 5.69 Å². The summed E-state index contributed by atoms with van der Waals surface area (Å²) in [6.07, 6.45) is -4.75. The molecule has 0 radical (unpaired) electrons. The highest BCUT2D eigenvalue weighted by Crippen LogP contribution is 2.32. The number of aliphatic hydroxyl groups is 1. The largest absolute Gasteiger partial charge is 0.433 e. The van der Waals surface area contributed by atoms with Crippen LogP contribution in [0.5, 0.6) is 0 Å². The Kier molecular flexibility index (Phi) is 5.73. The molecule has 0 bridgehead atoms. The van der Waals surface area contributed by atoms with Crippen LogP contribution in [-0.4, -0.2) is 59.1 Å². The molecule has 21 heavy (non-hydrogen) atoms. The fourth-order valence-corrected chi connectivity index (χ4v) is 1.93. The smallest absolute Gasteiger partial charge is 0.389 e. The molecule has 1 aromatic heterocycles. The maximum atomic E-state index is 13.0. The molecule has 6 nitrogen and oxygen atoms in total. The first-order chi connectivity index (χ1) is 9.72. The molecule has 0 aromatic carbocycles. The van der Waals surface area contributed by atoms with Gasteiger partial charge in [0, 0.05) is 27.2 Å². The zero-order valence-electron chi connectivity index (χ0n) is 12.0. The van der Waals surface area contributed by atoms with E-state index in [1.54, 1.807) is 0 Å². The minimum Gasteiger partial charge on any atom is -0.389 e. The number of hydrogen-bond acceptors (Lipinski definition) is 4. The number of carbonyl (C=O) groups is 1. The fraction of sp³-hybridized carbons (Fsp3) is 0.667. The van der Waals surface area contributed by atoms with E-state index >= 15 is 0 Å². The van der Waals surface area contributed by atoms with E-state index in [0.717, 1.165) is 15.8 Å². The monoisotopic (exact) mass is 309 g/mol. The summed E-state index contributed by atoms with van der Waals surface area (Å²) in [6.45, 7) is 1.35. The van der Waals surface area contributed by atoms with Crippen molar-refractivity contribution in [1.29, 1.82) is 0 Å². The molecule has 1 aromatic rings. The summed E-state index contributed by atoms with van der Waals surface area (Å²) >= 11 is 0. The van der Waals surface area contributed by atoms with Gasteiger partial charge in [0.2, 0.25) is 0 Å².